The van der Waals surface area contributed by atoms with Crippen molar-refractivity contribution in [3.8, 4) is 23.3 Å². The van der Waals surface area contributed by atoms with Gasteiger partial charge in [0.15, 0.2) is 22.9 Å². The second-order valence-electron chi connectivity index (χ2n) is 3.85. The highest BCUT2D eigenvalue weighted by molar-refractivity contribution is 6.46. The Kier molecular flexibility index (Phi) is 8.34. The summed E-state index contributed by atoms with van der Waals surface area (Å²) in [6, 6.07) is 5.07. The molecular weight excluding hydrogens is 329 g/mol. The van der Waals surface area contributed by atoms with Crippen molar-refractivity contribution in [2.45, 2.75) is 18.7 Å². The van der Waals surface area contributed by atoms with E-state index in [2.05, 4.69) is 17.2 Å². The highest BCUT2D eigenvalue weighted by atomic mass is 35.5. The number of alkyl halides is 2. The van der Waals surface area contributed by atoms with Gasteiger partial charge < -0.3 is 14.2 Å². The Bertz CT molecular complexity index is 552. The minimum absolute atomic E-state index is 0.100. The van der Waals surface area contributed by atoms with E-state index in [1.54, 1.807) is 18.2 Å². The van der Waals surface area contributed by atoms with Gasteiger partial charge in [0.05, 0.1) is 13.2 Å². The largest absolute Gasteiger partial charge is 0.490 e. The van der Waals surface area contributed by atoms with Crippen LogP contribution in [0.2, 0.25) is 0 Å². The molecule has 1 rings (SSSR count). The van der Waals surface area contributed by atoms with Crippen LogP contribution in [0.3, 0.4) is 0 Å². The van der Waals surface area contributed by atoms with Crippen LogP contribution in [0.25, 0.3) is 0 Å². The van der Waals surface area contributed by atoms with E-state index in [9.17, 15) is 4.79 Å². The summed E-state index contributed by atoms with van der Waals surface area (Å²) in [5, 5.41) is 2.57. The molecule has 0 aromatic heterocycles. The van der Waals surface area contributed by atoms with Crippen molar-refractivity contribution in [1.29, 1.82) is 0 Å². The van der Waals surface area contributed by atoms with E-state index < -0.39 is 10.9 Å². The SMILES string of the molecule is CCOc1ccc(NC(=O)OCC#CC(Cl)Cl)cc1OCC. The molecule has 1 aromatic rings. The highest BCUT2D eigenvalue weighted by Gasteiger charge is 2.08. The zero-order valence-corrected chi connectivity index (χ0v) is 13.8. The monoisotopic (exact) mass is 345 g/mol. The normalized spacial score (nSPS) is 9.68. The van der Waals surface area contributed by atoms with Crippen molar-refractivity contribution in [1.82, 2.24) is 0 Å². The first kappa shape index (κ1) is 18.3. The van der Waals surface area contributed by atoms with Crippen molar-refractivity contribution < 1.29 is 19.0 Å². The van der Waals surface area contributed by atoms with Gasteiger partial charge in [-0.15, -0.1) is 0 Å². The van der Waals surface area contributed by atoms with Gasteiger partial charge in [-0.25, -0.2) is 4.79 Å². The number of amides is 1. The minimum atomic E-state index is -0.800. The Morgan fingerprint density at radius 2 is 1.91 bits per heavy atom. The Morgan fingerprint density at radius 1 is 1.23 bits per heavy atom. The van der Waals surface area contributed by atoms with Crippen molar-refractivity contribution in [3.63, 3.8) is 0 Å². The van der Waals surface area contributed by atoms with Crippen LogP contribution in [-0.4, -0.2) is 30.8 Å². The summed E-state index contributed by atoms with van der Waals surface area (Å²) >= 11 is 10.8. The lowest BCUT2D eigenvalue weighted by atomic mass is 10.2. The van der Waals surface area contributed by atoms with Gasteiger partial charge in [0.1, 0.15) is 0 Å². The second-order valence-corrected chi connectivity index (χ2v) is 4.95. The number of carbonyl (C=O) groups excluding carboxylic acids is 1. The highest BCUT2D eigenvalue weighted by Crippen LogP contribution is 2.30. The first-order valence-corrected chi connectivity index (χ1v) is 7.54. The maximum atomic E-state index is 11.6. The molecule has 22 heavy (non-hydrogen) atoms. The molecular formula is C15H17Cl2NO4. The van der Waals surface area contributed by atoms with E-state index in [1.807, 2.05) is 13.8 Å². The summed E-state index contributed by atoms with van der Waals surface area (Å²) in [6.07, 6.45) is -0.637. The van der Waals surface area contributed by atoms with Gasteiger partial charge in [-0.1, -0.05) is 35.0 Å². The van der Waals surface area contributed by atoms with E-state index in [0.717, 1.165) is 0 Å². The van der Waals surface area contributed by atoms with E-state index in [4.69, 9.17) is 37.4 Å². The molecule has 0 radical (unpaired) electrons. The molecule has 0 saturated heterocycles. The third-order valence-electron chi connectivity index (χ3n) is 2.28. The smallest absolute Gasteiger partial charge is 0.412 e. The molecule has 1 N–H and O–H groups in total. The molecule has 0 heterocycles. The Labute approximate surface area is 139 Å². The maximum absolute atomic E-state index is 11.6. The number of anilines is 1. The zero-order chi connectivity index (χ0) is 16.4. The van der Waals surface area contributed by atoms with Crippen molar-refractivity contribution >= 4 is 35.0 Å². The number of hydrogen-bond donors (Lipinski definition) is 1. The third kappa shape index (κ3) is 6.79. The summed E-state index contributed by atoms with van der Waals surface area (Å²) in [5.41, 5.74) is 0.525. The van der Waals surface area contributed by atoms with Crippen LogP contribution in [0.15, 0.2) is 18.2 Å². The summed E-state index contributed by atoms with van der Waals surface area (Å²) in [7, 11) is 0. The van der Waals surface area contributed by atoms with Crippen LogP contribution in [0.5, 0.6) is 11.5 Å². The van der Waals surface area contributed by atoms with Gasteiger partial charge in [0.25, 0.3) is 0 Å². The molecule has 5 nitrogen and oxygen atoms in total. The Morgan fingerprint density at radius 3 is 2.55 bits per heavy atom. The first-order chi connectivity index (χ1) is 10.6. The average Bonchev–Trinajstić information content (AvgIpc) is 2.46. The van der Waals surface area contributed by atoms with Gasteiger partial charge >= 0.3 is 6.09 Å². The molecule has 0 atom stereocenters. The standard InChI is InChI=1S/C15H17Cl2NO4/c1-3-20-12-8-7-11(10-13(12)21-4-2)18-15(19)22-9-5-6-14(16)17/h7-8,10,14H,3-4,9H2,1-2H3,(H,18,19). The summed E-state index contributed by atoms with van der Waals surface area (Å²) < 4.78 is 15.8. The number of hydrogen-bond acceptors (Lipinski definition) is 4. The fraction of sp³-hybridized carbons (Fsp3) is 0.400. The van der Waals surface area contributed by atoms with Gasteiger partial charge in [0.2, 0.25) is 0 Å². The van der Waals surface area contributed by atoms with Crippen LogP contribution in [0, 0.1) is 11.8 Å². The number of halogens is 2. The topological polar surface area (TPSA) is 56.8 Å². The number of rotatable bonds is 6. The number of nitrogens with one attached hydrogen (secondary N) is 1. The maximum Gasteiger partial charge on any atom is 0.412 e. The number of benzene rings is 1. The summed E-state index contributed by atoms with van der Waals surface area (Å²) in [4.78, 5) is 10.8. The molecule has 0 saturated carbocycles. The van der Waals surface area contributed by atoms with Gasteiger partial charge in [-0.2, -0.15) is 0 Å². The number of carbonyl (C=O) groups is 1. The molecule has 0 aliphatic heterocycles. The van der Waals surface area contributed by atoms with Crippen molar-refractivity contribution in [2.75, 3.05) is 25.1 Å². The van der Waals surface area contributed by atoms with Crippen molar-refractivity contribution in [3.05, 3.63) is 18.2 Å². The van der Waals surface area contributed by atoms with Crippen LogP contribution >= 0.6 is 23.2 Å². The van der Waals surface area contributed by atoms with E-state index in [0.29, 0.717) is 30.4 Å². The molecule has 0 aliphatic carbocycles. The molecule has 1 amide bonds. The minimum Gasteiger partial charge on any atom is -0.490 e. The molecule has 0 spiro atoms. The summed E-state index contributed by atoms with van der Waals surface area (Å²) in [6.45, 7) is 4.66. The quantitative estimate of drug-likeness (QED) is 0.628. The lowest BCUT2D eigenvalue weighted by Gasteiger charge is -2.12. The molecule has 1 aromatic carbocycles. The predicted octanol–water partition coefficient (Wildman–Crippen LogP) is 3.84. The van der Waals surface area contributed by atoms with Crippen molar-refractivity contribution in [2.24, 2.45) is 0 Å². The van der Waals surface area contributed by atoms with E-state index in [1.165, 1.54) is 0 Å². The Hall–Kier alpha value is -1.77. The first-order valence-electron chi connectivity index (χ1n) is 6.66. The molecule has 0 fully saturated rings. The van der Waals surface area contributed by atoms with Crippen LogP contribution in [0.1, 0.15) is 13.8 Å². The molecule has 0 unspecified atom stereocenters. The molecule has 0 bridgehead atoms. The average molecular weight is 346 g/mol. The lowest BCUT2D eigenvalue weighted by molar-refractivity contribution is 0.176. The van der Waals surface area contributed by atoms with Crippen LogP contribution in [-0.2, 0) is 4.74 Å². The Balaban J connectivity index is 2.63. The third-order valence-corrected chi connectivity index (χ3v) is 2.49. The van der Waals surface area contributed by atoms with Gasteiger partial charge in [-0.3, -0.25) is 5.32 Å². The van der Waals surface area contributed by atoms with E-state index in [-0.39, 0.29) is 6.61 Å². The molecule has 7 heteroatoms. The van der Waals surface area contributed by atoms with Crippen LogP contribution in [0.4, 0.5) is 10.5 Å². The predicted molar refractivity (Wildman–Crippen MR) is 87.0 cm³/mol. The van der Waals surface area contributed by atoms with Crippen LogP contribution < -0.4 is 14.8 Å². The van der Waals surface area contributed by atoms with Gasteiger partial charge in [0, 0.05) is 11.8 Å². The lowest BCUT2D eigenvalue weighted by Crippen LogP contribution is -2.14. The molecule has 120 valence electrons. The second kappa shape index (κ2) is 10.0. The van der Waals surface area contributed by atoms with Gasteiger partial charge in [-0.05, 0) is 26.0 Å². The zero-order valence-electron chi connectivity index (χ0n) is 12.3. The fourth-order valence-electron chi connectivity index (χ4n) is 1.50. The summed E-state index contributed by atoms with van der Waals surface area (Å²) in [5.74, 6) is 6.13. The fourth-order valence-corrected chi connectivity index (χ4v) is 1.66. The number of ether oxygens (including phenoxy) is 3. The molecule has 0 aliphatic rings. The van der Waals surface area contributed by atoms with E-state index >= 15 is 0 Å².